The summed E-state index contributed by atoms with van der Waals surface area (Å²) in [6.45, 7) is 9.38. The zero-order chi connectivity index (χ0) is 23.2. The number of ether oxygens (including phenoxy) is 1. The van der Waals surface area contributed by atoms with Crippen molar-refractivity contribution in [2.75, 3.05) is 46.4 Å². The molecule has 0 N–H and O–H groups in total. The summed E-state index contributed by atoms with van der Waals surface area (Å²) in [7, 11) is 4.15. The average molecular weight is 470 g/mol. The second-order valence-corrected chi connectivity index (χ2v) is 10.2. The first-order valence-electron chi connectivity index (χ1n) is 11.7. The van der Waals surface area contributed by atoms with Gasteiger partial charge in [-0.3, -0.25) is 9.69 Å². The highest BCUT2D eigenvalue weighted by atomic mass is 32.2. The fourth-order valence-corrected chi connectivity index (χ4v) is 5.81. The molecule has 1 amide bonds. The number of likely N-dealkylation sites (tertiary alicyclic amines) is 1. The van der Waals surface area contributed by atoms with Crippen LogP contribution in [0.4, 0.5) is 0 Å². The monoisotopic (exact) mass is 469 g/mol. The van der Waals surface area contributed by atoms with Crippen molar-refractivity contribution < 1.29 is 9.53 Å². The molecule has 0 aliphatic carbocycles. The van der Waals surface area contributed by atoms with Crippen molar-refractivity contribution in [2.45, 2.75) is 35.8 Å². The first-order valence-corrected chi connectivity index (χ1v) is 12.6. The molecule has 0 spiro atoms. The van der Waals surface area contributed by atoms with Crippen LogP contribution in [0, 0.1) is 0 Å². The Kier molecular flexibility index (Phi) is 8.11. The smallest absolute Gasteiger partial charge is 0.240 e. The van der Waals surface area contributed by atoms with Crippen LogP contribution in [0.3, 0.4) is 0 Å². The molecule has 178 valence electrons. The number of aromatic nitrogens is 2. The lowest BCUT2D eigenvalue weighted by Gasteiger charge is -2.30. The standard InChI is InChI=1S/C25H35N5O2S/c1-4-16-32-23-9-6-5-8-20(23)18-30-19-21(33-25-26-10-13-28(25)3)17-22(30)24(31)29-12-7-11-27(2)14-15-29/h4-6,8-10,13,21-22H,1,7,11-12,14-19H2,2-3H3/t21-,22+/m1/s1. The van der Waals surface area contributed by atoms with Gasteiger partial charge in [0.15, 0.2) is 5.16 Å². The van der Waals surface area contributed by atoms with Gasteiger partial charge in [0, 0.05) is 63.0 Å². The predicted molar refractivity (Wildman–Crippen MR) is 132 cm³/mol. The highest BCUT2D eigenvalue weighted by molar-refractivity contribution is 7.99. The van der Waals surface area contributed by atoms with E-state index in [1.807, 2.05) is 42.2 Å². The number of thioether (sulfide) groups is 1. The minimum Gasteiger partial charge on any atom is -0.489 e. The van der Waals surface area contributed by atoms with Crippen molar-refractivity contribution in [1.82, 2.24) is 24.3 Å². The topological polar surface area (TPSA) is 53.8 Å². The van der Waals surface area contributed by atoms with E-state index in [1.54, 1.807) is 17.8 Å². The zero-order valence-corrected chi connectivity index (χ0v) is 20.5. The molecule has 2 saturated heterocycles. The Morgan fingerprint density at radius 1 is 1.24 bits per heavy atom. The maximum atomic E-state index is 13.7. The van der Waals surface area contributed by atoms with Crippen LogP contribution in [0.1, 0.15) is 18.4 Å². The number of nitrogens with zero attached hydrogens (tertiary/aromatic N) is 5. The first kappa shape index (κ1) is 23.9. The summed E-state index contributed by atoms with van der Waals surface area (Å²) in [5.74, 6) is 1.12. The number of benzene rings is 1. The zero-order valence-electron chi connectivity index (χ0n) is 19.7. The largest absolute Gasteiger partial charge is 0.489 e. The van der Waals surface area contributed by atoms with Gasteiger partial charge in [0.2, 0.25) is 5.91 Å². The van der Waals surface area contributed by atoms with Crippen molar-refractivity contribution in [3.05, 3.63) is 54.9 Å². The summed E-state index contributed by atoms with van der Waals surface area (Å²) in [5, 5.41) is 1.31. The lowest BCUT2D eigenvalue weighted by atomic mass is 10.1. The van der Waals surface area contributed by atoms with Gasteiger partial charge in [0.25, 0.3) is 0 Å². The molecule has 2 fully saturated rings. The van der Waals surface area contributed by atoms with E-state index in [9.17, 15) is 4.79 Å². The number of rotatable bonds is 8. The van der Waals surface area contributed by atoms with E-state index in [4.69, 9.17) is 4.74 Å². The van der Waals surface area contributed by atoms with Gasteiger partial charge in [-0.15, -0.1) is 0 Å². The Labute approximate surface area is 201 Å². The Balaban J connectivity index is 1.53. The molecule has 4 rings (SSSR count). The van der Waals surface area contributed by atoms with E-state index in [2.05, 4.69) is 39.4 Å². The molecular weight excluding hydrogens is 434 g/mol. The number of hydrogen-bond acceptors (Lipinski definition) is 6. The Bertz CT molecular complexity index is 948. The Morgan fingerprint density at radius 3 is 2.88 bits per heavy atom. The van der Waals surface area contributed by atoms with E-state index in [1.165, 1.54) is 0 Å². The van der Waals surface area contributed by atoms with Crippen LogP contribution >= 0.6 is 11.8 Å². The summed E-state index contributed by atoms with van der Waals surface area (Å²) in [6.07, 6.45) is 7.42. The first-order chi connectivity index (χ1) is 16.0. The van der Waals surface area contributed by atoms with Crippen LogP contribution < -0.4 is 4.74 Å². The highest BCUT2D eigenvalue weighted by Gasteiger charge is 2.40. The molecule has 1 aromatic carbocycles. The Morgan fingerprint density at radius 2 is 2.09 bits per heavy atom. The van der Waals surface area contributed by atoms with Gasteiger partial charge in [-0.1, -0.05) is 42.6 Å². The van der Waals surface area contributed by atoms with E-state index in [0.29, 0.717) is 18.4 Å². The van der Waals surface area contributed by atoms with Gasteiger partial charge < -0.3 is 19.1 Å². The molecule has 1 aromatic heterocycles. The van der Waals surface area contributed by atoms with Gasteiger partial charge >= 0.3 is 0 Å². The lowest BCUT2D eigenvalue weighted by molar-refractivity contribution is -0.136. The van der Waals surface area contributed by atoms with Crippen molar-refractivity contribution >= 4 is 17.7 Å². The quantitative estimate of drug-likeness (QED) is 0.554. The number of para-hydroxylation sites is 1. The number of aryl methyl sites for hydroxylation is 1. The van der Waals surface area contributed by atoms with Gasteiger partial charge in [0.1, 0.15) is 12.4 Å². The SMILES string of the molecule is C=CCOc1ccccc1CN1C[C@H](Sc2nccn2C)C[C@H]1C(=O)N1CCCN(C)CC1. The lowest BCUT2D eigenvalue weighted by Crippen LogP contribution is -2.46. The Hall–Kier alpha value is -2.29. The molecule has 0 unspecified atom stereocenters. The molecule has 33 heavy (non-hydrogen) atoms. The minimum atomic E-state index is -0.126. The minimum absolute atomic E-state index is 0.126. The van der Waals surface area contributed by atoms with Gasteiger partial charge in [-0.2, -0.15) is 0 Å². The fraction of sp³-hybridized carbons (Fsp3) is 0.520. The number of likely N-dealkylation sites (N-methyl/N-ethyl adjacent to an activating group) is 1. The van der Waals surface area contributed by atoms with E-state index < -0.39 is 0 Å². The van der Waals surface area contributed by atoms with Crippen molar-refractivity contribution in [1.29, 1.82) is 0 Å². The predicted octanol–water partition coefficient (Wildman–Crippen LogP) is 2.88. The number of carbonyl (C=O) groups is 1. The van der Waals surface area contributed by atoms with E-state index in [-0.39, 0.29) is 11.9 Å². The maximum absolute atomic E-state index is 13.7. The summed E-state index contributed by atoms with van der Waals surface area (Å²) in [4.78, 5) is 24.9. The van der Waals surface area contributed by atoms with Crippen LogP contribution in [-0.2, 0) is 18.4 Å². The molecule has 2 aliphatic rings. The molecule has 2 aliphatic heterocycles. The molecule has 0 bridgehead atoms. The third-order valence-electron chi connectivity index (χ3n) is 6.43. The van der Waals surface area contributed by atoms with Gasteiger partial charge in [-0.05, 0) is 32.5 Å². The third-order valence-corrected chi connectivity index (χ3v) is 7.71. The third kappa shape index (κ3) is 5.99. The van der Waals surface area contributed by atoms with Crippen molar-refractivity contribution in [2.24, 2.45) is 7.05 Å². The normalized spacial score (nSPS) is 22.3. The summed E-state index contributed by atoms with van der Waals surface area (Å²) < 4.78 is 7.95. The second kappa shape index (κ2) is 11.2. The van der Waals surface area contributed by atoms with E-state index in [0.717, 1.165) is 62.0 Å². The summed E-state index contributed by atoms with van der Waals surface area (Å²) in [6, 6.07) is 7.99. The molecule has 7 nitrogen and oxygen atoms in total. The van der Waals surface area contributed by atoms with Gasteiger partial charge in [-0.25, -0.2) is 4.98 Å². The van der Waals surface area contributed by atoms with Crippen LogP contribution in [0.5, 0.6) is 5.75 Å². The van der Waals surface area contributed by atoms with Crippen molar-refractivity contribution in [3.63, 3.8) is 0 Å². The molecule has 0 saturated carbocycles. The summed E-state index contributed by atoms with van der Waals surface area (Å²) >= 11 is 1.78. The van der Waals surface area contributed by atoms with Crippen LogP contribution in [0.25, 0.3) is 0 Å². The maximum Gasteiger partial charge on any atom is 0.240 e. The average Bonchev–Trinajstić information content (AvgIpc) is 3.33. The molecule has 8 heteroatoms. The highest BCUT2D eigenvalue weighted by Crippen LogP contribution is 2.34. The van der Waals surface area contributed by atoms with Crippen molar-refractivity contribution in [3.8, 4) is 5.75 Å². The molecule has 2 aromatic rings. The second-order valence-electron chi connectivity index (χ2n) is 8.93. The van der Waals surface area contributed by atoms with Crippen LogP contribution in [-0.4, -0.2) is 87.8 Å². The van der Waals surface area contributed by atoms with Crippen LogP contribution in [0.15, 0.2) is 54.5 Å². The van der Waals surface area contributed by atoms with E-state index >= 15 is 0 Å². The number of imidazole rings is 1. The van der Waals surface area contributed by atoms with Crippen LogP contribution in [0.2, 0.25) is 0 Å². The molecule has 0 radical (unpaired) electrons. The fourth-order valence-electron chi connectivity index (χ4n) is 4.61. The number of amides is 1. The van der Waals surface area contributed by atoms with Gasteiger partial charge in [0.05, 0.1) is 6.04 Å². The molecule has 3 heterocycles. The molecule has 2 atom stereocenters. The summed E-state index contributed by atoms with van der Waals surface area (Å²) in [5.41, 5.74) is 1.11. The molecular formula is C25H35N5O2S. The number of hydrogen-bond donors (Lipinski definition) is 0. The number of carbonyl (C=O) groups excluding carboxylic acids is 1.